The third-order valence-electron chi connectivity index (χ3n) is 5.03. The molecule has 1 fully saturated rings. The first-order valence-electron chi connectivity index (χ1n) is 9.53. The van der Waals surface area contributed by atoms with Gasteiger partial charge >= 0.3 is 0 Å². The lowest BCUT2D eigenvalue weighted by Gasteiger charge is -2.28. The van der Waals surface area contributed by atoms with E-state index in [2.05, 4.69) is 0 Å². The number of aromatic nitrogens is 1. The fourth-order valence-electron chi connectivity index (χ4n) is 3.18. The van der Waals surface area contributed by atoms with E-state index in [0.29, 0.717) is 30.3 Å². The van der Waals surface area contributed by atoms with Crippen LogP contribution in [0.15, 0.2) is 36.5 Å². The molecule has 1 aliphatic carbocycles. The number of rotatable bonds is 9. The molecule has 2 amide bonds. The fourth-order valence-corrected chi connectivity index (χ4v) is 3.67. The molecule has 0 bridgehead atoms. The lowest BCUT2D eigenvalue weighted by atomic mass is 10.2. The number of halogens is 2. The van der Waals surface area contributed by atoms with E-state index in [9.17, 15) is 9.59 Å². The summed E-state index contributed by atoms with van der Waals surface area (Å²) in [5, 5.41) is 0.716. The van der Waals surface area contributed by atoms with E-state index in [4.69, 9.17) is 27.9 Å². The van der Waals surface area contributed by atoms with Crippen LogP contribution in [0.2, 0.25) is 10.0 Å². The molecule has 0 N–H and O–H groups in total. The molecule has 8 heteroatoms. The Morgan fingerprint density at radius 2 is 2.00 bits per heavy atom. The highest BCUT2D eigenvalue weighted by Crippen LogP contribution is 2.29. The number of methoxy groups -OCH3 is 1. The number of carbonyl (C=O) groups is 2. The zero-order valence-electron chi connectivity index (χ0n) is 16.6. The standard InChI is InChI=1S/C21H25Cl2N3O3/c1-24-9-3-4-17(24)13-26(16-6-7-16)20(27)14-25(10-11-29-2)21(28)18-8-5-15(22)12-19(18)23/h3-5,8-9,12,16H,6-7,10-11,13-14H2,1-2H3. The van der Waals surface area contributed by atoms with Crippen molar-refractivity contribution in [3.05, 3.63) is 57.8 Å². The molecule has 0 unspecified atom stereocenters. The van der Waals surface area contributed by atoms with E-state index in [-0.39, 0.29) is 29.4 Å². The van der Waals surface area contributed by atoms with Gasteiger partial charge in [0.1, 0.15) is 6.54 Å². The van der Waals surface area contributed by atoms with Crippen molar-refractivity contribution in [1.82, 2.24) is 14.4 Å². The Morgan fingerprint density at radius 1 is 1.24 bits per heavy atom. The molecule has 0 radical (unpaired) electrons. The van der Waals surface area contributed by atoms with Gasteiger partial charge in [-0.3, -0.25) is 9.59 Å². The normalized spacial score (nSPS) is 13.4. The maximum Gasteiger partial charge on any atom is 0.255 e. The van der Waals surface area contributed by atoms with Gasteiger partial charge in [0.2, 0.25) is 5.91 Å². The van der Waals surface area contributed by atoms with Crippen LogP contribution in [0.25, 0.3) is 0 Å². The summed E-state index contributed by atoms with van der Waals surface area (Å²) in [5.41, 5.74) is 1.38. The second-order valence-corrected chi connectivity index (χ2v) is 8.05. The second kappa shape index (κ2) is 9.65. The van der Waals surface area contributed by atoms with Gasteiger partial charge in [-0.05, 0) is 43.2 Å². The van der Waals surface area contributed by atoms with Crippen LogP contribution in [0.3, 0.4) is 0 Å². The first-order valence-corrected chi connectivity index (χ1v) is 10.3. The van der Waals surface area contributed by atoms with Crippen molar-refractivity contribution < 1.29 is 14.3 Å². The Hall–Kier alpha value is -2.02. The molecule has 6 nitrogen and oxygen atoms in total. The van der Waals surface area contributed by atoms with Crippen molar-refractivity contribution in [2.75, 3.05) is 26.8 Å². The maximum atomic E-state index is 13.1. The van der Waals surface area contributed by atoms with Crippen LogP contribution in [0.5, 0.6) is 0 Å². The summed E-state index contributed by atoms with van der Waals surface area (Å²) in [6.45, 7) is 1.12. The summed E-state index contributed by atoms with van der Waals surface area (Å²) < 4.78 is 7.14. The zero-order valence-corrected chi connectivity index (χ0v) is 18.1. The molecule has 1 heterocycles. The minimum atomic E-state index is -0.313. The van der Waals surface area contributed by atoms with Gasteiger partial charge < -0.3 is 19.1 Å². The largest absolute Gasteiger partial charge is 0.383 e. The first-order chi connectivity index (χ1) is 13.9. The molecule has 1 aromatic heterocycles. The lowest BCUT2D eigenvalue weighted by molar-refractivity contribution is -0.133. The van der Waals surface area contributed by atoms with Gasteiger partial charge in [-0.25, -0.2) is 0 Å². The number of carbonyl (C=O) groups excluding carboxylic acids is 2. The molecule has 1 saturated carbocycles. The van der Waals surface area contributed by atoms with Crippen molar-refractivity contribution >= 4 is 35.0 Å². The van der Waals surface area contributed by atoms with Crippen LogP contribution in [-0.4, -0.2) is 59.0 Å². The number of aryl methyl sites for hydroxylation is 1. The fraction of sp³-hybridized carbons (Fsp3) is 0.429. The van der Waals surface area contributed by atoms with Crippen molar-refractivity contribution in [3.8, 4) is 0 Å². The van der Waals surface area contributed by atoms with E-state index < -0.39 is 0 Å². The molecule has 1 aromatic carbocycles. The van der Waals surface area contributed by atoms with E-state index >= 15 is 0 Å². The van der Waals surface area contributed by atoms with Crippen molar-refractivity contribution in [2.45, 2.75) is 25.4 Å². The smallest absolute Gasteiger partial charge is 0.255 e. The van der Waals surface area contributed by atoms with Crippen molar-refractivity contribution in [1.29, 1.82) is 0 Å². The topological polar surface area (TPSA) is 54.8 Å². The number of hydrogen-bond donors (Lipinski definition) is 0. The average Bonchev–Trinajstić information content (AvgIpc) is 3.44. The molecule has 156 valence electrons. The van der Waals surface area contributed by atoms with Crippen LogP contribution in [0, 0.1) is 0 Å². The van der Waals surface area contributed by atoms with E-state index in [1.54, 1.807) is 19.2 Å². The van der Waals surface area contributed by atoms with E-state index in [1.807, 2.05) is 34.8 Å². The molecule has 0 saturated heterocycles. The van der Waals surface area contributed by atoms with Gasteiger partial charge in [0, 0.05) is 43.7 Å². The molecule has 0 aliphatic heterocycles. The number of nitrogens with zero attached hydrogens (tertiary/aromatic N) is 3. The minimum absolute atomic E-state index is 0.0257. The molecule has 29 heavy (non-hydrogen) atoms. The van der Waals surface area contributed by atoms with E-state index in [0.717, 1.165) is 18.5 Å². The van der Waals surface area contributed by atoms with E-state index in [1.165, 1.54) is 11.0 Å². The monoisotopic (exact) mass is 437 g/mol. The predicted octanol–water partition coefficient (Wildman–Crippen LogP) is 3.61. The number of amides is 2. The SMILES string of the molecule is COCCN(CC(=O)N(Cc1cccn1C)C1CC1)C(=O)c1ccc(Cl)cc1Cl. The molecular formula is C21H25Cl2N3O3. The molecule has 1 aliphatic rings. The number of ether oxygens (including phenoxy) is 1. The van der Waals surface area contributed by atoms with Crippen molar-refractivity contribution in [3.63, 3.8) is 0 Å². The summed E-state index contributed by atoms with van der Waals surface area (Å²) in [6, 6.07) is 8.92. The molecular weight excluding hydrogens is 413 g/mol. The minimum Gasteiger partial charge on any atom is -0.383 e. The van der Waals surface area contributed by atoms with Crippen LogP contribution >= 0.6 is 23.2 Å². The summed E-state index contributed by atoms with van der Waals surface area (Å²) in [5.74, 6) is -0.394. The van der Waals surface area contributed by atoms with Gasteiger partial charge in [0.05, 0.1) is 23.7 Å². The van der Waals surface area contributed by atoms with Gasteiger partial charge in [-0.2, -0.15) is 0 Å². The first kappa shape index (κ1) is 21.7. The molecule has 0 atom stereocenters. The van der Waals surface area contributed by atoms with Gasteiger partial charge in [0.15, 0.2) is 0 Å². The summed E-state index contributed by atoms with van der Waals surface area (Å²) in [7, 11) is 3.52. The molecule has 2 aromatic rings. The molecule has 0 spiro atoms. The Bertz CT molecular complexity index is 880. The summed E-state index contributed by atoms with van der Waals surface area (Å²) in [4.78, 5) is 29.6. The number of benzene rings is 1. The Kier molecular flexibility index (Phi) is 7.22. The quantitative estimate of drug-likeness (QED) is 0.601. The van der Waals surface area contributed by atoms with Crippen LogP contribution < -0.4 is 0 Å². The van der Waals surface area contributed by atoms with Crippen LogP contribution in [0.4, 0.5) is 0 Å². The second-order valence-electron chi connectivity index (χ2n) is 7.21. The molecule has 3 rings (SSSR count). The van der Waals surface area contributed by atoms with Gasteiger partial charge in [-0.15, -0.1) is 0 Å². The Morgan fingerprint density at radius 3 is 2.59 bits per heavy atom. The van der Waals surface area contributed by atoms with Crippen LogP contribution in [0.1, 0.15) is 28.9 Å². The lowest BCUT2D eigenvalue weighted by Crippen LogP contribution is -2.45. The Balaban J connectivity index is 1.76. The van der Waals surface area contributed by atoms with Gasteiger partial charge in [0.25, 0.3) is 5.91 Å². The third-order valence-corrected chi connectivity index (χ3v) is 5.58. The predicted molar refractivity (Wildman–Crippen MR) is 113 cm³/mol. The third kappa shape index (κ3) is 5.53. The highest BCUT2D eigenvalue weighted by molar-refractivity contribution is 6.36. The summed E-state index contributed by atoms with van der Waals surface area (Å²) in [6.07, 6.45) is 3.94. The highest BCUT2D eigenvalue weighted by Gasteiger charge is 2.34. The maximum absolute atomic E-state index is 13.1. The van der Waals surface area contributed by atoms with Crippen LogP contribution in [-0.2, 0) is 23.1 Å². The van der Waals surface area contributed by atoms with Gasteiger partial charge in [-0.1, -0.05) is 23.2 Å². The highest BCUT2D eigenvalue weighted by atomic mass is 35.5. The summed E-state index contributed by atoms with van der Waals surface area (Å²) >= 11 is 12.2. The Labute approximate surface area is 180 Å². The average molecular weight is 438 g/mol. The number of hydrogen-bond acceptors (Lipinski definition) is 3. The van der Waals surface area contributed by atoms with Crippen molar-refractivity contribution in [2.24, 2.45) is 7.05 Å². The zero-order chi connectivity index (χ0) is 21.0.